The first kappa shape index (κ1) is 17.0. The summed E-state index contributed by atoms with van der Waals surface area (Å²) in [6.45, 7) is -1.76. The molecule has 1 aliphatic heterocycles. The highest BCUT2D eigenvalue weighted by atomic mass is 19.3. The fourth-order valence-corrected chi connectivity index (χ4v) is 2.44. The lowest BCUT2D eigenvalue weighted by atomic mass is 10.1. The van der Waals surface area contributed by atoms with Crippen LogP contribution in [0, 0.1) is 0 Å². The monoisotopic (exact) mass is 349 g/mol. The topological polar surface area (TPSA) is 56.8 Å². The molecular weight excluding hydrogens is 332 g/mol. The first-order chi connectivity index (χ1) is 12.1. The summed E-state index contributed by atoms with van der Waals surface area (Å²) < 4.78 is 40.4. The van der Waals surface area contributed by atoms with Crippen molar-refractivity contribution in [1.82, 2.24) is 5.32 Å². The van der Waals surface area contributed by atoms with Crippen molar-refractivity contribution in [3.8, 4) is 17.2 Å². The van der Waals surface area contributed by atoms with Crippen LogP contribution in [-0.4, -0.2) is 25.7 Å². The molecule has 0 bridgehead atoms. The molecule has 1 aliphatic rings. The zero-order valence-corrected chi connectivity index (χ0v) is 13.3. The molecule has 0 saturated heterocycles. The van der Waals surface area contributed by atoms with Crippen molar-refractivity contribution in [1.29, 1.82) is 0 Å². The smallest absolute Gasteiger partial charge is 0.387 e. The van der Waals surface area contributed by atoms with E-state index in [2.05, 4.69) is 10.1 Å². The Bertz CT molecular complexity index is 752. The number of benzene rings is 2. The van der Waals surface area contributed by atoms with Crippen molar-refractivity contribution in [2.75, 3.05) is 13.2 Å². The lowest BCUT2D eigenvalue weighted by molar-refractivity contribution is -0.0504. The van der Waals surface area contributed by atoms with E-state index in [1.54, 1.807) is 36.4 Å². The molecule has 7 heteroatoms. The van der Waals surface area contributed by atoms with Gasteiger partial charge in [0.2, 0.25) is 0 Å². The number of fused-ring (bicyclic) bond motifs is 1. The molecule has 0 aliphatic carbocycles. The van der Waals surface area contributed by atoms with Crippen molar-refractivity contribution in [2.45, 2.75) is 19.6 Å². The Labute approximate surface area is 143 Å². The van der Waals surface area contributed by atoms with Crippen LogP contribution >= 0.6 is 0 Å². The number of carbonyl (C=O) groups is 1. The number of hydrogen-bond donors (Lipinski definition) is 1. The van der Waals surface area contributed by atoms with Gasteiger partial charge >= 0.3 is 6.61 Å². The second-order valence-electron chi connectivity index (χ2n) is 5.38. The van der Waals surface area contributed by atoms with Crippen LogP contribution in [0.2, 0.25) is 0 Å². The number of nitrogens with one attached hydrogen (secondary N) is 1. The standard InChI is InChI=1S/C18H17F2NO4/c19-18(20)25-14-5-2-1-4-13(14)11-21-17(22)12-6-7-15-16(10-12)24-9-3-8-23-15/h1-2,4-7,10,18H,3,8-9,11H2,(H,21,22). The van der Waals surface area contributed by atoms with Gasteiger partial charge in [-0.2, -0.15) is 8.78 Å². The van der Waals surface area contributed by atoms with Crippen LogP contribution in [0.3, 0.4) is 0 Å². The maximum Gasteiger partial charge on any atom is 0.387 e. The van der Waals surface area contributed by atoms with Gasteiger partial charge in [-0.05, 0) is 24.3 Å². The number of hydrogen-bond acceptors (Lipinski definition) is 4. The van der Waals surface area contributed by atoms with Crippen LogP contribution in [0.25, 0.3) is 0 Å². The fourth-order valence-electron chi connectivity index (χ4n) is 2.44. The first-order valence-electron chi connectivity index (χ1n) is 7.84. The Kier molecular flexibility index (Phi) is 5.33. The summed E-state index contributed by atoms with van der Waals surface area (Å²) in [5, 5.41) is 2.69. The van der Waals surface area contributed by atoms with Gasteiger partial charge in [0.1, 0.15) is 5.75 Å². The Morgan fingerprint density at radius 2 is 1.88 bits per heavy atom. The molecule has 2 aromatic carbocycles. The zero-order valence-electron chi connectivity index (χ0n) is 13.3. The molecule has 25 heavy (non-hydrogen) atoms. The SMILES string of the molecule is O=C(NCc1ccccc1OC(F)F)c1ccc2c(c1)OCCCO2. The summed E-state index contributed by atoms with van der Waals surface area (Å²) in [7, 11) is 0. The van der Waals surface area contributed by atoms with E-state index in [0.29, 0.717) is 35.8 Å². The van der Waals surface area contributed by atoms with Crippen molar-refractivity contribution >= 4 is 5.91 Å². The van der Waals surface area contributed by atoms with E-state index in [9.17, 15) is 13.6 Å². The van der Waals surface area contributed by atoms with E-state index < -0.39 is 6.61 Å². The van der Waals surface area contributed by atoms with Crippen molar-refractivity contribution < 1.29 is 27.8 Å². The second-order valence-corrected chi connectivity index (χ2v) is 5.38. The van der Waals surface area contributed by atoms with Gasteiger partial charge in [0.25, 0.3) is 5.91 Å². The average molecular weight is 349 g/mol. The Morgan fingerprint density at radius 1 is 1.12 bits per heavy atom. The number of halogens is 2. The third-order valence-corrected chi connectivity index (χ3v) is 3.64. The number of carbonyl (C=O) groups excluding carboxylic acids is 1. The van der Waals surface area contributed by atoms with Crippen LogP contribution in [0.5, 0.6) is 17.2 Å². The Hall–Kier alpha value is -2.83. The molecule has 0 radical (unpaired) electrons. The molecule has 0 spiro atoms. The average Bonchev–Trinajstić information content (AvgIpc) is 2.85. The van der Waals surface area contributed by atoms with Gasteiger partial charge in [-0.25, -0.2) is 0 Å². The largest absolute Gasteiger partial charge is 0.490 e. The van der Waals surface area contributed by atoms with Gasteiger partial charge in [0, 0.05) is 24.1 Å². The minimum atomic E-state index is -2.92. The van der Waals surface area contributed by atoms with E-state index in [-0.39, 0.29) is 18.2 Å². The van der Waals surface area contributed by atoms with Gasteiger partial charge in [-0.1, -0.05) is 18.2 Å². The number of alkyl halides is 2. The van der Waals surface area contributed by atoms with E-state index in [4.69, 9.17) is 9.47 Å². The molecule has 3 rings (SSSR count). The summed E-state index contributed by atoms with van der Waals surface area (Å²) in [5.41, 5.74) is 0.863. The predicted molar refractivity (Wildman–Crippen MR) is 86.3 cm³/mol. The molecule has 1 heterocycles. The normalized spacial score (nSPS) is 13.2. The molecule has 0 saturated carbocycles. The maximum absolute atomic E-state index is 12.4. The minimum Gasteiger partial charge on any atom is -0.490 e. The number of para-hydroxylation sites is 1. The summed E-state index contributed by atoms with van der Waals surface area (Å²) in [6.07, 6.45) is 0.775. The Balaban J connectivity index is 1.68. The molecule has 2 aromatic rings. The minimum absolute atomic E-state index is 0.0384. The van der Waals surface area contributed by atoms with Crippen LogP contribution in [0.1, 0.15) is 22.3 Å². The van der Waals surface area contributed by atoms with E-state index in [1.807, 2.05) is 0 Å². The lowest BCUT2D eigenvalue weighted by Crippen LogP contribution is -2.23. The molecule has 1 amide bonds. The summed E-state index contributed by atoms with van der Waals surface area (Å²) in [4.78, 5) is 12.3. The first-order valence-corrected chi connectivity index (χ1v) is 7.84. The third kappa shape index (κ3) is 4.37. The summed E-state index contributed by atoms with van der Waals surface area (Å²) in [6, 6.07) is 11.2. The van der Waals surface area contributed by atoms with Gasteiger partial charge in [0.15, 0.2) is 11.5 Å². The van der Waals surface area contributed by atoms with Crippen molar-refractivity contribution in [3.05, 3.63) is 53.6 Å². The number of rotatable bonds is 5. The third-order valence-electron chi connectivity index (χ3n) is 3.64. The van der Waals surface area contributed by atoms with Crippen molar-refractivity contribution in [2.24, 2.45) is 0 Å². The van der Waals surface area contributed by atoms with Gasteiger partial charge in [-0.3, -0.25) is 4.79 Å². The van der Waals surface area contributed by atoms with Gasteiger partial charge in [-0.15, -0.1) is 0 Å². The molecule has 0 atom stereocenters. The van der Waals surface area contributed by atoms with E-state index >= 15 is 0 Å². The van der Waals surface area contributed by atoms with Crippen LogP contribution in [-0.2, 0) is 6.54 Å². The highest BCUT2D eigenvalue weighted by molar-refractivity contribution is 5.94. The summed E-state index contributed by atoms with van der Waals surface area (Å²) in [5.74, 6) is 0.815. The molecular formula is C18H17F2NO4. The Morgan fingerprint density at radius 3 is 2.68 bits per heavy atom. The maximum atomic E-state index is 12.4. The van der Waals surface area contributed by atoms with Crippen LogP contribution in [0.15, 0.2) is 42.5 Å². The molecule has 5 nitrogen and oxygen atoms in total. The lowest BCUT2D eigenvalue weighted by Gasteiger charge is -2.12. The molecule has 1 N–H and O–H groups in total. The second kappa shape index (κ2) is 7.83. The zero-order chi connectivity index (χ0) is 17.6. The quantitative estimate of drug-likeness (QED) is 0.899. The van der Waals surface area contributed by atoms with Crippen LogP contribution < -0.4 is 19.5 Å². The van der Waals surface area contributed by atoms with E-state index in [0.717, 1.165) is 6.42 Å². The summed E-state index contributed by atoms with van der Waals surface area (Å²) >= 11 is 0. The number of ether oxygens (including phenoxy) is 3. The fraction of sp³-hybridized carbons (Fsp3) is 0.278. The molecule has 0 aromatic heterocycles. The van der Waals surface area contributed by atoms with Gasteiger partial charge in [0.05, 0.1) is 13.2 Å². The predicted octanol–water partition coefficient (Wildman–Crippen LogP) is 3.38. The van der Waals surface area contributed by atoms with E-state index in [1.165, 1.54) is 6.07 Å². The highest BCUT2D eigenvalue weighted by Crippen LogP contribution is 2.30. The van der Waals surface area contributed by atoms with Gasteiger partial charge < -0.3 is 19.5 Å². The van der Waals surface area contributed by atoms with Crippen molar-refractivity contribution in [3.63, 3.8) is 0 Å². The molecule has 0 unspecified atom stereocenters. The molecule has 132 valence electrons. The van der Waals surface area contributed by atoms with Crippen LogP contribution in [0.4, 0.5) is 8.78 Å². The highest BCUT2D eigenvalue weighted by Gasteiger charge is 2.15. The number of amides is 1. The molecule has 0 fully saturated rings.